The highest BCUT2D eigenvalue weighted by molar-refractivity contribution is 7.89. The zero-order chi connectivity index (χ0) is 20.6. The monoisotopic (exact) mass is 418 g/mol. The first kappa shape index (κ1) is 19.4. The van der Waals surface area contributed by atoms with Gasteiger partial charge in [-0.1, -0.05) is 0 Å². The standard InChI is InChI=1S/C18H22N6O4S/c1-3-23-12-17(13(2)21-23)29(26,27)24-8-6-22(7-9-24)18(25)15-11-14(19-20-15)16-5-4-10-28-16/h4-5,10-12H,3,6-9H2,1-2H3,(H,19,20). The molecule has 1 amide bonds. The third-order valence-electron chi connectivity index (χ3n) is 4.95. The summed E-state index contributed by atoms with van der Waals surface area (Å²) in [4.78, 5) is 14.6. The number of aromatic amines is 1. The third-order valence-corrected chi connectivity index (χ3v) is 6.95. The molecule has 1 aliphatic rings. The Kier molecular flexibility index (Phi) is 5.01. The number of carbonyl (C=O) groups is 1. The van der Waals surface area contributed by atoms with Gasteiger partial charge in [0.2, 0.25) is 10.0 Å². The van der Waals surface area contributed by atoms with Crippen molar-refractivity contribution in [3.63, 3.8) is 0 Å². The van der Waals surface area contributed by atoms with Crippen LogP contribution in [0.4, 0.5) is 0 Å². The number of hydrogen-bond acceptors (Lipinski definition) is 6. The van der Waals surface area contributed by atoms with E-state index in [1.807, 2.05) is 6.92 Å². The van der Waals surface area contributed by atoms with Crippen LogP contribution >= 0.6 is 0 Å². The van der Waals surface area contributed by atoms with Crippen molar-refractivity contribution in [3.05, 3.63) is 42.0 Å². The number of hydrogen-bond donors (Lipinski definition) is 1. The van der Waals surface area contributed by atoms with Crippen LogP contribution in [0.3, 0.4) is 0 Å². The molecule has 154 valence electrons. The summed E-state index contributed by atoms with van der Waals surface area (Å²) in [7, 11) is -3.64. The lowest BCUT2D eigenvalue weighted by Crippen LogP contribution is -2.50. The summed E-state index contributed by atoms with van der Waals surface area (Å²) in [6.07, 6.45) is 3.10. The summed E-state index contributed by atoms with van der Waals surface area (Å²) in [5.74, 6) is 0.349. The first-order valence-electron chi connectivity index (χ1n) is 9.33. The molecule has 0 aromatic carbocycles. The highest BCUT2D eigenvalue weighted by Crippen LogP contribution is 2.22. The Morgan fingerprint density at radius 3 is 2.66 bits per heavy atom. The molecule has 4 heterocycles. The minimum Gasteiger partial charge on any atom is -0.463 e. The van der Waals surface area contributed by atoms with Crippen molar-refractivity contribution in [2.24, 2.45) is 0 Å². The number of nitrogens with one attached hydrogen (secondary N) is 1. The number of carbonyl (C=O) groups excluding carboxylic acids is 1. The van der Waals surface area contributed by atoms with Gasteiger partial charge < -0.3 is 9.32 Å². The van der Waals surface area contributed by atoms with E-state index in [9.17, 15) is 13.2 Å². The van der Waals surface area contributed by atoms with Gasteiger partial charge in [-0.15, -0.1) is 0 Å². The van der Waals surface area contributed by atoms with Crippen LogP contribution in [-0.4, -0.2) is 69.7 Å². The molecule has 1 fully saturated rings. The number of aryl methyl sites for hydroxylation is 2. The van der Waals surface area contributed by atoms with Gasteiger partial charge in [-0.25, -0.2) is 8.42 Å². The van der Waals surface area contributed by atoms with Crippen LogP contribution in [0.15, 0.2) is 40.0 Å². The van der Waals surface area contributed by atoms with Crippen molar-refractivity contribution in [3.8, 4) is 11.5 Å². The summed E-state index contributed by atoms with van der Waals surface area (Å²) >= 11 is 0. The smallest absolute Gasteiger partial charge is 0.274 e. The average molecular weight is 418 g/mol. The summed E-state index contributed by atoms with van der Waals surface area (Å²) in [6, 6.07) is 5.16. The molecule has 0 saturated carbocycles. The van der Waals surface area contributed by atoms with Gasteiger partial charge in [-0.3, -0.25) is 14.6 Å². The molecule has 4 rings (SSSR count). The normalized spacial score (nSPS) is 15.7. The third kappa shape index (κ3) is 3.58. The number of furan rings is 1. The van der Waals surface area contributed by atoms with E-state index in [4.69, 9.17) is 4.42 Å². The van der Waals surface area contributed by atoms with Crippen molar-refractivity contribution in [1.29, 1.82) is 0 Å². The van der Waals surface area contributed by atoms with Gasteiger partial charge in [0.05, 0.1) is 12.0 Å². The molecule has 29 heavy (non-hydrogen) atoms. The number of sulfonamides is 1. The van der Waals surface area contributed by atoms with Crippen LogP contribution in [0.1, 0.15) is 23.1 Å². The fourth-order valence-corrected chi connectivity index (χ4v) is 4.93. The highest BCUT2D eigenvalue weighted by atomic mass is 32.2. The number of rotatable bonds is 5. The number of aromatic nitrogens is 4. The van der Waals surface area contributed by atoms with E-state index < -0.39 is 10.0 Å². The molecular weight excluding hydrogens is 396 g/mol. The molecule has 3 aromatic heterocycles. The number of H-pyrrole nitrogens is 1. The Labute approximate surface area is 168 Å². The second-order valence-electron chi connectivity index (χ2n) is 6.77. The molecule has 0 atom stereocenters. The largest absolute Gasteiger partial charge is 0.463 e. The molecular formula is C18H22N6O4S. The van der Waals surface area contributed by atoms with E-state index in [1.165, 1.54) is 4.31 Å². The van der Waals surface area contributed by atoms with E-state index in [2.05, 4.69) is 15.3 Å². The van der Waals surface area contributed by atoms with Crippen LogP contribution in [0.5, 0.6) is 0 Å². The topological polar surface area (TPSA) is 117 Å². The van der Waals surface area contributed by atoms with Crippen molar-refractivity contribution >= 4 is 15.9 Å². The van der Waals surface area contributed by atoms with Gasteiger partial charge >= 0.3 is 0 Å². The van der Waals surface area contributed by atoms with Crippen molar-refractivity contribution in [2.75, 3.05) is 26.2 Å². The van der Waals surface area contributed by atoms with Crippen LogP contribution in [-0.2, 0) is 16.6 Å². The Morgan fingerprint density at radius 1 is 1.28 bits per heavy atom. The fraction of sp³-hybridized carbons (Fsp3) is 0.389. The van der Waals surface area contributed by atoms with E-state index in [0.29, 0.717) is 36.8 Å². The van der Waals surface area contributed by atoms with Crippen LogP contribution in [0, 0.1) is 6.92 Å². The first-order chi connectivity index (χ1) is 13.9. The predicted octanol–water partition coefficient (Wildman–Crippen LogP) is 1.34. The quantitative estimate of drug-likeness (QED) is 0.668. The lowest BCUT2D eigenvalue weighted by molar-refractivity contribution is 0.0692. The first-order valence-corrected chi connectivity index (χ1v) is 10.8. The van der Waals surface area contributed by atoms with Crippen LogP contribution in [0.2, 0.25) is 0 Å². The summed E-state index contributed by atoms with van der Waals surface area (Å²) < 4.78 is 34.2. The molecule has 1 N–H and O–H groups in total. The van der Waals surface area contributed by atoms with Crippen molar-refractivity contribution < 1.29 is 17.6 Å². The molecule has 0 radical (unpaired) electrons. The molecule has 3 aromatic rings. The predicted molar refractivity (Wildman–Crippen MR) is 104 cm³/mol. The lowest BCUT2D eigenvalue weighted by atomic mass is 10.2. The molecule has 1 saturated heterocycles. The minimum absolute atomic E-state index is 0.217. The van der Waals surface area contributed by atoms with Gasteiger partial charge in [0.1, 0.15) is 10.6 Å². The van der Waals surface area contributed by atoms with Crippen molar-refractivity contribution in [1.82, 2.24) is 29.2 Å². The van der Waals surface area contributed by atoms with E-state index in [1.54, 1.807) is 47.2 Å². The molecule has 0 bridgehead atoms. The zero-order valence-corrected chi connectivity index (χ0v) is 17.0. The Bertz CT molecular complexity index is 1110. The second-order valence-corrected chi connectivity index (χ2v) is 8.68. The Morgan fingerprint density at radius 2 is 2.03 bits per heavy atom. The van der Waals surface area contributed by atoms with Gasteiger partial charge in [0.15, 0.2) is 11.5 Å². The fourth-order valence-electron chi connectivity index (χ4n) is 3.34. The Hall–Kier alpha value is -2.92. The van der Waals surface area contributed by atoms with E-state index in [0.717, 1.165) is 0 Å². The molecule has 10 nitrogen and oxygen atoms in total. The van der Waals surface area contributed by atoms with E-state index in [-0.39, 0.29) is 29.6 Å². The van der Waals surface area contributed by atoms with Gasteiger partial charge in [0, 0.05) is 45.0 Å². The molecule has 0 unspecified atom stereocenters. The molecule has 0 aliphatic carbocycles. The second kappa shape index (κ2) is 7.48. The maximum absolute atomic E-state index is 13.0. The average Bonchev–Trinajstić information content (AvgIpc) is 3.47. The molecule has 0 spiro atoms. The van der Waals surface area contributed by atoms with Crippen molar-refractivity contribution in [2.45, 2.75) is 25.3 Å². The van der Waals surface area contributed by atoms with Gasteiger partial charge in [0.25, 0.3) is 5.91 Å². The maximum Gasteiger partial charge on any atom is 0.274 e. The summed E-state index contributed by atoms with van der Waals surface area (Å²) in [5, 5.41) is 11.1. The summed E-state index contributed by atoms with van der Waals surface area (Å²) in [5.41, 5.74) is 1.36. The zero-order valence-electron chi connectivity index (χ0n) is 16.2. The molecule has 1 aliphatic heterocycles. The van der Waals surface area contributed by atoms with Gasteiger partial charge in [-0.05, 0) is 26.0 Å². The van der Waals surface area contributed by atoms with Crippen LogP contribution in [0.25, 0.3) is 11.5 Å². The number of piperazine rings is 1. The SMILES string of the molecule is CCn1cc(S(=O)(=O)N2CCN(C(=O)c3cc(-c4ccco4)[nH]n3)CC2)c(C)n1. The van der Waals surface area contributed by atoms with Crippen LogP contribution < -0.4 is 0 Å². The lowest BCUT2D eigenvalue weighted by Gasteiger charge is -2.33. The van der Waals surface area contributed by atoms with Gasteiger partial charge in [-0.2, -0.15) is 14.5 Å². The number of amides is 1. The Balaban J connectivity index is 1.44. The maximum atomic E-state index is 13.0. The van der Waals surface area contributed by atoms with E-state index >= 15 is 0 Å². The number of nitrogens with zero attached hydrogens (tertiary/aromatic N) is 5. The highest BCUT2D eigenvalue weighted by Gasteiger charge is 2.33. The minimum atomic E-state index is -3.64. The molecule has 11 heteroatoms. The summed E-state index contributed by atoms with van der Waals surface area (Å²) in [6.45, 7) is 5.22.